The summed E-state index contributed by atoms with van der Waals surface area (Å²) in [5.41, 5.74) is 3.52. The number of rotatable bonds is 2. The molecule has 0 amide bonds. The van der Waals surface area contributed by atoms with Crippen molar-refractivity contribution in [3.05, 3.63) is 33.3 Å². The lowest BCUT2D eigenvalue weighted by atomic mass is 9.78. The molecule has 0 spiro atoms. The highest BCUT2D eigenvalue weighted by Gasteiger charge is 2.26. The van der Waals surface area contributed by atoms with Gasteiger partial charge in [-0.2, -0.15) is 0 Å². The van der Waals surface area contributed by atoms with Gasteiger partial charge < -0.3 is 5.11 Å². The summed E-state index contributed by atoms with van der Waals surface area (Å²) in [6.07, 6.45) is 4.56. The maximum atomic E-state index is 10.6. The molecule has 1 fully saturated rings. The number of aliphatic hydroxyl groups excluding tert-OH is 1. The van der Waals surface area contributed by atoms with E-state index in [1.54, 1.807) is 0 Å². The van der Waals surface area contributed by atoms with E-state index < -0.39 is 0 Å². The molecule has 1 nitrogen and oxygen atoms in total. The Labute approximate surface area is 119 Å². The van der Waals surface area contributed by atoms with Gasteiger partial charge in [-0.3, -0.25) is 0 Å². The average Bonchev–Trinajstić information content (AvgIpc) is 2.35. The van der Waals surface area contributed by atoms with Gasteiger partial charge in [0.05, 0.1) is 6.10 Å². The molecule has 0 bridgehead atoms. The van der Waals surface area contributed by atoms with Crippen LogP contribution < -0.4 is 0 Å². The molecule has 1 saturated carbocycles. The van der Waals surface area contributed by atoms with Crippen LogP contribution in [-0.4, -0.2) is 5.11 Å². The van der Waals surface area contributed by atoms with Gasteiger partial charge in [0.15, 0.2) is 0 Å². The lowest BCUT2D eigenvalue weighted by Gasteiger charge is -2.30. The van der Waals surface area contributed by atoms with Crippen LogP contribution in [0.15, 0.2) is 16.6 Å². The first kappa shape index (κ1) is 14.1. The van der Waals surface area contributed by atoms with E-state index in [1.807, 2.05) is 0 Å². The summed E-state index contributed by atoms with van der Waals surface area (Å²) in [5, 5.41) is 10.6. The molecule has 0 heterocycles. The molecule has 1 aliphatic carbocycles. The van der Waals surface area contributed by atoms with Crippen LogP contribution in [-0.2, 0) is 0 Å². The third-order valence-electron chi connectivity index (χ3n) is 4.31. The van der Waals surface area contributed by atoms with Gasteiger partial charge in [0, 0.05) is 4.47 Å². The maximum absolute atomic E-state index is 10.6. The van der Waals surface area contributed by atoms with Crippen molar-refractivity contribution in [1.82, 2.24) is 0 Å². The molecule has 0 aromatic heterocycles. The highest BCUT2D eigenvalue weighted by Crippen LogP contribution is 2.37. The molecule has 2 heteroatoms. The zero-order valence-corrected chi connectivity index (χ0v) is 13.1. The Bertz CT molecular complexity index is 396. The molecule has 0 aliphatic heterocycles. The first-order valence-electron chi connectivity index (χ1n) is 6.93. The smallest absolute Gasteiger partial charge is 0.0818 e. The number of hydrogen-bond acceptors (Lipinski definition) is 1. The number of aryl methyl sites for hydroxylation is 2. The van der Waals surface area contributed by atoms with Gasteiger partial charge in [-0.25, -0.2) is 0 Å². The fraction of sp³-hybridized carbons (Fsp3) is 0.625. The fourth-order valence-corrected chi connectivity index (χ4v) is 3.25. The van der Waals surface area contributed by atoms with Crippen molar-refractivity contribution >= 4 is 15.9 Å². The van der Waals surface area contributed by atoms with Gasteiger partial charge in [0.1, 0.15) is 0 Å². The maximum Gasteiger partial charge on any atom is 0.0818 e. The van der Waals surface area contributed by atoms with E-state index in [0.29, 0.717) is 5.92 Å². The zero-order chi connectivity index (χ0) is 13.3. The predicted molar refractivity (Wildman–Crippen MR) is 79.7 cm³/mol. The van der Waals surface area contributed by atoms with Crippen LogP contribution in [0.25, 0.3) is 0 Å². The minimum atomic E-state index is -0.289. The number of halogens is 1. The molecular formula is C16H23BrO. The van der Waals surface area contributed by atoms with Gasteiger partial charge in [-0.1, -0.05) is 47.8 Å². The Morgan fingerprint density at radius 1 is 1.11 bits per heavy atom. The fourth-order valence-electron chi connectivity index (χ4n) is 3.02. The van der Waals surface area contributed by atoms with E-state index in [0.717, 1.165) is 28.8 Å². The Balaban J connectivity index is 2.16. The van der Waals surface area contributed by atoms with Crippen molar-refractivity contribution < 1.29 is 5.11 Å². The minimum absolute atomic E-state index is 0.289. The minimum Gasteiger partial charge on any atom is -0.388 e. The first-order chi connectivity index (χ1) is 8.49. The summed E-state index contributed by atoms with van der Waals surface area (Å²) in [6, 6.07) is 4.25. The Morgan fingerprint density at radius 2 is 1.61 bits per heavy atom. The molecular weight excluding hydrogens is 288 g/mol. The SMILES string of the molecule is Cc1cc(C(O)C2CCC(C)CC2)cc(C)c1Br. The van der Waals surface area contributed by atoms with Crippen LogP contribution in [0.3, 0.4) is 0 Å². The molecule has 1 aliphatic rings. The Kier molecular flexibility index (Phi) is 4.50. The average molecular weight is 311 g/mol. The van der Waals surface area contributed by atoms with Gasteiger partial charge in [0.25, 0.3) is 0 Å². The summed E-state index contributed by atoms with van der Waals surface area (Å²) in [4.78, 5) is 0. The van der Waals surface area contributed by atoms with Crippen molar-refractivity contribution in [2.45, 2.75) is 52.6 Å². The summed E-state index contributed by atoms with van der Waals surface area (Å²) in [6.45, 7) is 6.50. The Hall–Kier alpha value is -0.340. The summed E-state index contributed by atoms with van der Waals surface area (Å²) in [5.74, 6) is 1.28. The van der Waals surface area contributed by atoms with Crippen LogP contribution in [0.4, 0.5) is 0 Å². The van der Waals surface area contributed by atoms with Crippen LogP contribution in [0.1, 0.15) is 55.4 Å². The molecule has 1 N–H and O–H groups in total. The lowest BCUT2D eigenvalue weighted by Crippen LogP contribution is -2.19. The highest BCUT2D eigenvalue weighted by atomic mass is 79.9. The molecule has 1 unspecified atom stereocenters. The van der Waals surface area contributed by atoms with E-state index >= 15 is 0 Å². The molecule has 1 aromatic rings. The van der Waals surface area contributed by atoms with E-state index in [-0.39, 0.29) is 6.10 Å². The molecule has 1 atom stereocenters. The summed E-state index contributed by atoms with van der Waals surface area (Å²) < 4.78 is 1.16. The molecule has 18 heavy (non-hydrogen) atoms. The van der Waals surface area contributed by atoms with Gasteiger partial charge in [0.2, 0.25) is 0 Å². The van der Waals surface area contributed by atoms with Crippen molar-refractivity contribution in [3.8, 4) is 0 Å². The number of hydrogen-bond donors (Lipinski definition) is 1. The standard InChI is InChI=1S/C16H23BrO/c1-10-4-6-13(7-5-10)16(18)14-8-11(2)15(17)12(3)9-14/h8-10,13,16,18H,4-7H2,1-3H3. The topological polar surface area (TPSA) is 20.2 Å². The second-order valence-electron chi connectivity index (χ2n) is 5.93. The zero-order valence-electron chi connectivity index (χ0n) is 11.5. The van der Waals surface area contributed by atoms with E-state index in [2.05, 4.69) is 48.8 Å². The monoisotopic (exact) mass is 310 g/mol. The van der Waals surface area contributed by atoms with Crippen LogP contribution >= 0.6 is 15.9 Å². The largest absolute Gasteiger partial charge is 0.388 e. The van der Waals surface area contributed by atoms with Gasteiger partial charge in [-0.05, 0) is 55.2 Å². The quantitative estimate of drug-likeness (QED) is 0.821. The third-order valence-corrected chi connectivity index (χ3v) is 5.56. The van der Waals surface area contributed by atoms with Crippen molar-refractivity contribution in [3.63, 3.8) is 0 Å². The lowest BCUT2D eigenvalue weighted by molar-refractivity contribution is 0.0754. The van der Waals surface area contributed by atoms with Crippen molar-refractivity contribution in [1.29, 1.82) is 0 Å². The molecule has 0 radical (unpaired) electrons. The molecule has 1 aromatic carbocycles. The number of benzene rings is 1. The van der Waals surface area contributed by atoms with E-state index in [4.69, 9.17) is 0 Å². The van der Waals surface area contributed by atoms with Crippen LogP contribution in [0.5, 0.6) is 0 Å². The van der Waals surface area contributed by atoms with Gasteiger partial charge >= 0.3 is 0 Å². The van der Waals surface area contributed by atoms with Crippen molar-refractivity contribution in [2.24, 2.45) is 11.8 Å². The van der Waals surface area contributed by atoms with Crippen molar-refractivity contribution in [2.75, 3.05) is 0 Å². The Morgan fingerprint density at radius 3 is 2.11 bits per heavy atom. The molecule has 100 valence electrons. The summed E-state index contributed by atoms with van der Waals surface area (Å²) in [7, 11) is 0. The molecule has 2 rings (SSSR count). The highest BCUT2D eigenvalue weighted by molar-refractivity contribution is 9.10. The van der Waals surface area contributed by atoms with E-state index in [9.17, 15) is 5.11 Å². The second kappa shape index (κ2) is 5.75. The van der Waals surface area contributed by atoms with Crippen LogP contribution in [0.2, 0.25) is 0 Å². The normalized spacial score (nSPS) is 26.1. The summed E-state index contributed by atoms with van der Waals surface area (Å²) >= 11 is 3.58. The molecule has 0 saturated heterocycles. The first-order valence-corrected chi connectivity index (χ1v) is 7.73. The van der Waals surface area contributed by atoms with Gasteiger partial charge in [-0.15, -0.1) is 0 Å². The van der Waals surface area contributed by atoms with E-state index in [1.165, 1.54) is 24.0 Å². The predicted octanol–water partition coefficient (Wildman–Crippen LogP) is 4.93. The number of aliphatic hydroxyl groups is 1. The second-order valence-corrected chi connectivity index (χ2v) is 6.73. The van der Waals surface area contributed by atoms with Crippen LogP contribution in [0, 0.1) is 25.7 Å². The third kappa shape index (κ3) is 2.97.